The molecule has 0 aromatic carbocycles. The predicted molar refractivity (Wildman–Crippen MR) is 76.5 cm³/mol. The number of carbonyl (C=O) groups excluding carboxylic acids is 2. The molecule has 1 saturated heterocycles. The molecule has 0 spiro atoms. The highest BCUT2D eigenvalue weighted by Gasteiger charge is 2.41. The van der Waals surface area contributed by atoms with E-state index in [0.29, 0.717) is 5.69 Å². The summed E-state index contributed by atoms with van der Waals surface area (Å²) < 4.78 is 27.8. The number of aryl methyl sites for hydroxylation is 1. The van der Waals surface area contributed by atoms with Crippen LogP contribution in [0.1, 0.15) is 24.6 Å². The third kappa shape index (κ3) is 3.66. The molecule has 1 aliphatic heterocycles. The van der Waals surface area contributed by atoms with E-state index in [-0.39, 0.29) is 18.7 Å². The number of halogens is 2. The molecule has 2 rings (SSSR count). The van der Waals surface area contributed by atoms with Gasteiger partial charge in [-0.15, -0.1) is 0 Å². The van der Waals surface area contributed by atoms with Crippen LogP contribution in [-0.2, 0) is 16.6 Å². The summed E-state index contributed by atoms with van der Waals surface area (Å²) in [6.07, 6.45) is 2.01. The minimum absolute atomic E-state index is 0.110. The Morgan fingerprint density at radius 2 is 2.22 bits per heavy atom. The van der Waals surface area contributed by atoms with Crippen molar-refractivity contribution in [3.63, 3.8) is 0 Å². The Hall–Kier alpha value is -2.03. The molecule has 0 saturated carbocycles. The maximum absolute atomic E-state index is 13.1. The minimum Gasteiger partial charge on any atom is -0.390 e. The second-order valence-electron chi connectivity index (χ2n) is 5.71. The molecule has 7 nitrogen and oxygen atoms in total. The van der Waals surface area contributed by atoms with Gasteiger partial charge in [0.15, 0.2) is 0 Å². The SMILES string of the molecule is CN1C(=O)CC[C@H](C(=O)NCC(F)(F)CO)[C@H]1c1ccnn1C. The summed E-state index contributed by atoms with van der Waals surface area (Å²) >= 11 is 0. The Morgan fingerprint density at radius 3 is 2.78 bits per heavy atom. The van der Waals surface area contributed by atoms with Crippen molar-refractivity contribution in [2.75, 3.05) is 20.2 Å². The highest BCUT2D eigenvalue weighted by atomic mass is 19.3. The summed E-state index contributed by atoms with van der Waals surface area (Å²) in [4.78, 5) is 25.7. The third-order valence-electron chi connectivity index (χ3n) is 4.11. The third-order valence-corrected chi connectivity index (χ3v) is 4.11. The Kier molecular flexibility index (Phi) is 4.98. The molecule has 2 heterocycles. The van der Waals surface area contributed by atoms with Crippen LogP contribution in [0.15, 0.2) is 12.3 Å². The van der Waals surface area contributed by atoms with Gasteiger partial charge in [-0.3, -0.25) is 14.3 Å². The van der Waals surface area contributed by atoms with Gasteiger partial charge in [0.2, 0.25) is 11.8 Å². The fraction of sp³-hybridized carbons (Fsp3) is 0.643. The van der Waals surface area contributed by atoms with E-state index in [1.807, 2.05) is 0 Å². The van der Waals surface area contributed by atoms with E-state index >= 15 is 0 Å². The molecule has 2 atom stereocenters. The Balaban J connectivity index is 2.19. The molecule has 0 aliphatic carbocycles. The first kappa shape index (κ1) is 17.3. The smallest absolute Gasteiger partial charge is 0.287 e. The van der Waals surface area contributed by atoms with Crippen molar-refractivity contribution < 1.29 is 23.5 Å². The molecule has 0 unspecified atom stereocenters. The lowest BCUT2D eigenvalue weighted by Gasteiger charge is -2.38. The summed E-state index contributed by atoms with van der Waals surface area (Å²) in [6.45, 7) is -2.27. The largest absolute Gasteiger partial charge is 0.390 e. The van der Waals surface area contributed by atoms with Gasteiger partial charge in [0.05, 0.1) is 24.2 Å². The lowest BCUT2D eigenvalue weighted by Crippen LogP contribution is -2.49. The summed E-state index contributed by atoms with van der Waals surface area (Å²) in [6, 6.07) is 1.13. The molecule has 1 aromatic rings. The van der Waals surface area contributed by atoms with Crippen molar-refractivity contribution in [2.45, 2.75) is 24.8 Å². The van der Waals surface area contributed by atoms with Crippen LogP contribution in [-0.4, -0.2) is 57.7 Å². The van der Waals surface area contributed by atoms with Crippen molar-refractivity contribution >= 4 is 11.8 Å². The summed E-state index contributed by atoms with van der Waals surface area (Å²) in [7, 11) is 3.28. The first-order valence-electron chi connectivity index (χ1n) is 7.27. The standard InChI is InChI=1S/C14H20F2N4O3/c1-19-11(22)4-3-9(12(19)10-5-6-18-20(10)2)13(23)17-7-14(15,16)8-21/h5-6,9,12,21H,3-4,7-8H2,1-2H3,(H,17,23)/t9-,12-/m0/s1. The van der Waals surface area contributed by atoms with E-state index in [4.69, 9.17) is 5.11 Å². The number of carbonyl (C=O) groups is 2. The van der Waals surface area contributed by atoms with Gasteiger partial charge < -0.3 is 15.3 Å². The van der Waals surface area contributed by atoms with Crippen LogP contribution >= 0.6 is 0 Å². The quantitative estimate of drug-likeness (QED) is 0.800. The highest BCUT2D eigenvalue weighted by molar-refractivity contribution is 5.84. The van der Waals surface area contributed by atoms with Gasteiger partial charge in [0.25, 0.3) is 5.92 Å². The molecule has 2 amide bonds. The molecular formula is C14H20F2N4O3. The monoisotopic (exact) mass is 330 g/mol. The van der Waals surface area contributed by atoms with Crippen molar-refractivity contribution in [3.8, 4) is 0 Å². The maximum Gasteiger partial charge on any atom is 0.287 e. The number of nitrogens with one attached hydrogen (secondary N) is 1. The lowest BCUT2D eigenvalue weighted by atomic mass is 9.86. The lowest BCUT2D eigenvalue weighted by molar-refractivity contribution is -0.142. The summed E-state index contributed by atoms with van der Waals surface area (Å²) in [5.41, 5.74) is 0.662. The second kappa shape index (κ2) is 6.61. The van der Waals surface area contributed by atoms with E-state index in [9.17, 15) is 18.4 Å². The average molecular weight is 330 g/mol. The van der Waals surface area contributed by atoms with Gasteiger partial charge in [0, 0.05) is 26.7 Å². The fourth-order valence-electron chi connectivity index (χ4n) is 2.79. The zero-order chi connectivity index (χ0) is 17.2. The van der Waals surface area contributed by atoms with Gasteiger partial charge >= 0.3 is 0 Å². The number of aliphatic hydroxyl groups excluding tert-OH is 1. The Morgan fingerprint density at radius 1 is 1.52 bits per heavy atom. The molecule has 1 aromatic heterocycles. The number of aromatic nitrogens is 2. The van der Waals surface area contributed by atoms with Crippen LogP contribution in [0.25, 0.3) is 0 Å². The minimum atomic E-state index is -3.37. The molecule has 23 heavy (non-hydrogen) atoms. The number of hydrogen-bond donors (Lipinski definition) is 2. The zero-order valence-electron chi connectivity index (χ0n) is 13.0. The number of hydrogen-bond acceptors (Lipinski definition) is 4. The Bertz CT molecular complexity index is 590. The first-order valence-corrected chi connectivity index (χ1v) is 7.27. The molecule has 0 radical (unpaired) electrons. The predicted octanol–water partition coefficient (Wildman–Crippen LogP) is 0.0734. The van der Waals surface area contributed by atoms with Gasteiger partial charge in [0.1, 0.15) is 6.61 Å². The molecule has 9 heteroatoms. The maximum atomic E-state index is 13.1. The normalized spacial score (nSPS) is 22.3. The summed E-state index contributed by atoms with van der Waals surface area (Å²) in [5, 5.41) is 14.8. The molecular weight excluding hydrogens is 310 g/mol. The number of piperidine rings is 1. The number of alkyl halides is 2. The zero-order valence-corrected chi connectivity index (χ0v) is 13.0. The second-order valence-corrected chi connectivity index (χ2v) is 5.71. The van der Waals surface area contributed by atoms with E-state index in [1.165, 1.54) is 4.90 Å². The van der Waals surface area contributed by atoms with E-state index < -0.39 is 36.9 Å². The fourth-order valence-corrected chi connectivity index (χ4v) is 2.79. The number of aliphatic hydroxyl groups is 1. The highest BCUT2D eigenvalue weighted by Crippen LogP contribution is 2.35. The van der Waals surface area contributed by atoms with Gasteiger partial charge in [-0.1, -0.05) is 0 Å². The summed E-state index contributed by atoms with van der Waals surface area (Å²) in [5.74, 6) is -4.69. The number of nitrogens with zero attached hydrogens (tertiary/aromatic N) is 3. The van der Waals surface area contributed by atoms with Crippen LogP contribution in [0.4, 0.5) is 8.78 Å². The van der Waals surface area contributed by atoms with Gasteiger partial charge in [-0.25, -0.2) is 8.78 Å². The van der Waals surface area contributed by atoms with Gasteiger partial charge in [-0.2, -0.15) is 5.10 Å². The molecule has 1 aliphatic rings. The van der Waals surface area contributed by atoms with Crippen LogP contribution in [0.3, 0.4) is 0 Å². The van der Waals surface area contributed by atoms with Crippen molar-refractivity contribution in [1.82, 2.24) is 20.0 Å². The molecule has 0 bridgehead atoms. The van der Waals surface area contributed by atoms with Gasteiger partial charge in [-0.05, 0) is 12.5 Å². The number of rotatable bonds is 5. The van der Waals surface area contributed by atoms with E-state index in [2.05, 4.69) is 10.4 Å². The van der Waals surface area contributed by atoms with Crippen LogP contribution in [0, 0.1) is 5.92 Å². The van der Waals surface area contributed by atoms with Crippen LogP contribution < -0.4 is 5.32 Å². The van der Waals surface area contributed by atoms with Crippen LogP contribution in [0.5, 0.6) is 0 Å². The van der Waals surface area contributed by atoms with E-state index in [1.54, 1.807) is 31.0 Å². The Labute approximate surface area is 132 Å². The number of likely N-dealkylation sites (tertiary alicyclic amines) is 1. The van der Waals surface area contributed by atoms with Crippen LogP contribution in [0.2, 0.25) is 0 Å². The topological polar surface area (TPSA) is 87.5 Å². The molecule has 128 valence electrons. The first-order chi connectivity index (χ1) is 10.8. The number of amides is 2. The average Bonchev–Trinajstić information content (AvgIpc) is 2.93. The molecule has 2 N–H and O–H groups in total. The van der Waals surface area contributed by atoms with Crippen molar-refractivity contribution in [3.05, 3.63) is 18.0 Å². The van der Waals surface area contributed by atoms with Crippen molar-refractivity contribution in [2.24, 2.45) is 13.0 Å². The van der Waals surface area contributed by atoms with E-state index in [0.717, 1.165) is 0 Å². The van der Waals surface area contributed by atoms with Crippen molar-refractivity contribution in [1.29, 1.82) is 0 Å². The molecule has 1 fully saturated rings.